The quantitative estimate of drug-likeness (QED) is 0.743. The van der Waals surface area contributed by atoms with E-state index in [9.17, 15) is 0 Å². The Morgan fingerprint density at radius 1 is 1.06 bits per heavy atom. The zero-order chi connectivity index (χ0) is 12.3. The molecule has 2 rings (SSSR count). The minimum Gasteiger partial charge on any atom is -0.256 e. The van der Waals surface area contributed by atoms with Gasteiger partial charge >= 0.3 is 0 Å². The third-order valence-electron chi connectivity index (χ3n) is 4.06. The summed E-state index contributed by atoms with van der Waals surface area (Å²) < 4.78 is 0. The van der Waals surface area contributed by atoms with E-state index in [0.717, 1.165) is 11.9 Å². The SMILES string of the molecule is CCC(C)(CC)Cc1cccc2ncccc12. The van der Waals surface area contributed by atoms with Gasteiger partial charge < -0.3 is 0 Å². The minimum absolute atomic E-state index is 0.407. The van der Waals surface area contributed by atoms with Gasteiger partial charge in [-0.2, -0.15) is 0 Å². The van der Waals surface area contributed by atoms with Gasteiger partial charge in [0.25, 0.3) is 0 Å². The van der Waals surface area contributed by atoms with Gasteiger partial charge in [0.2, 0.25) is 0 Å². The Kier molecular flexibility index (Phi) is 3.46. The van der Waals surface area contributed by atoms with E-state index in [2.05, 4.69) is 50.0 Å². The number of pyridine rings is 1. The molecule has 1 heterocycles. The summed E-state index contributed by atoms with van der Waals surface area (Å²) in [5.41, 5.74) is 2.95. The van der Waals surface area contributed by atoms with Crippen LogP contribution < -0.4 is 0 Å². The van der Waals surface area contributed by atoms with Crippen LogP contribution in [0.4, 0.5) is 0 Å². The summed E-state index contributed by atoms with van der Waals surface area (Å²) in [5, 5.41) is 1.31. The lowest BCUT2D eigenvalue weighted by atomic mass is 9.78. The maximum Gasteiger partial charge on any atom is 0.0704 e. The Bertz CT molecular complexity index is 492. The molecule has 1 heteroatoms. The van der Waals surface area contributed by atoms with Gasteiger partial charge in [0, 0.05) is 11.6 Å². The number of benzene rings is 1. The van der Waals surface area contributed by atoms with Crippen molar-refractivity contribution < 1.29 is 0 Å². The summed E-state index contributed by atoms with van der Waals surface area (Å²) in [5.74, 6) is 0. The molecule has 0 spiro atoms. The smallest absolute Gasteiger partial charge is 0.0704 e. The largest absolute Gasteiger partial charge is 0.256 e. The van der Waals surface area contributed by atoms with E-state index in [1.807, 2.05) is 12.3 Å². The zero-order valence-electron chi connectivity index (χ0n) is 11.0. The van der Waals surface area contributed by atoms with Crippen molar-refractivity contribution in [1.29, 1.82) is 0 Å². The highest BCUT2D eigenvalue weighted by molar-refractivity contribution is 5.81. The molecule has 0 unspecified atom stereocenters. The van der Waals surface area contributed by atoms with Gasteiger partial charge in [0.15, 0.2) is 0 Å². The average Bonchev–Trinajstić information content (AvgIpc) is 2.39. The average molecular weight is 227 g/mol. The molecule has 2 aromatic rings. The van der Waals surface area contributed by atoms with Crippen LogP contribution in [0.2, 0.25) is 0 Å². The van der Waals surface area contributed by atoms with E-state index in [4.69, 9.17) is 0 Å². The normalized spacial score (nSPS) is 11.9. The van der Waals surface area contributed by atoms with Crippen molar-refractivity contribution in [3.05, 3.63) is 42.1 Å². The van der Waals surface area contributed by atoms with Gasteiger partial charge in [-0.15, -0.1) is 0 Å². The molecule has 0 radical (unpaired) electrons. The van der Waals surface area contributed by atoms with E-state index in [1.54, 1.807) is 0 Å². The van der Waals surface area contributed by atoms with Crippen molar-refractivity contribution in [2.24, 2.45) is 5.41 Å². The molecule has 0 saturated heterocycles. The van der Waals surface area contributed by atoms with E-state index >= 15 is 0 Å². The molecule has 0 amide bonds. The topological polar surface area (TPSA) is 12.9 Å². The van der Waals surface area contributed by atoms with Crippen molar-refractivity contribution >= 4 is 10.9 Å². The van der Waals surface area contributed by atoms with Gasteiger partial charge in [0.1, 0.15) is 0 Å². The maximum absolute atomic E-state index is 4.42. The Morgan fingerprint density at radius 3 is 2.53 bits per heavy atom. The van der Waals surface area contributed by atoms with E-state index in [-0.39, 0.29) is 0 Å². The summed E-state index contributed by atoms with van der Waals surface area (Å²) in [4.78, 5) is 4.42. The number of rotatable bonds is 4. The summed E-state index contributed by atoms with van der Waals surface area (Å²) in [6, 6.07) is 10.7. The second kappa shape index (κ2) is 4.87. The first-order valence-electron chi connectivity index (χ1n) is 6.51. The molecule has 0 N–H and O–H groups in total. The first kappa shape index (κ1) is 12.1. The lowest BCUT2D eigenvalue weighted by Crippen LogP contribution is -2.17. The van der Waals surface area contributed by atoms with Crippen LogP contribution in [-0.4, -0.2) is 4.98 Å². The molecule has 17 heavy (non-hydrogen) atoms. The van der Waals surface area contributed by atoms with Crippen LogP contribution in [0.5, 0.6) is 0 Å². The van der Waals surface area contributed by atoms with Gasteiger partial charge in [-0.25, -0.2) is 0 Å². The molecule has 90 valence electrons. The first-order chi connectivity index (χ1) is 8.18. The van der Waals surface area contributed by atoms with Crippen molar-refractivity contribution in [2.75, 3.05) is 0 Å². The molecule has 0 aliphatic rings. The molecule has 1 aromatic heterocycles. The first-order valence-corrected chi connectivity index (χ1v) is 6.51. The predicted octanol–water partition coefficient (Wildman–Crippen LogP) is 4.60. The lowest BCUT2D eigenvalue weighted by molar-refractivity contribution is 0.297. The molecule has 0 aliphatic carbocycles. The van der Waals surface area contributed by atoms with Gasteiger partial charge in [-0.05, 0) is 29.5 Å². The second-order valence-electron chi connectivity index (χ2n) is 5.18. The molecule has 0 bridgehead atoms. The van der Waals surface area contributed by atoms with Crippen LogP contribution in [0.1, 0.15) is 39.2 Å². The summed E-state index contributed by atoms with van der Waals surface area (Å²) in [6.07, 6.45) is 5.45. The number of aromatic nitrogens is 1. The van der Waals surface area contributed by atoms with Gasteiger partial charge in [-0.1, -0.05) is 51.8 Å². The predicted molar refractivity (Wildman–Crippen MR) is 74.1 cm³/mol. The van der Waals surface area contributed by atoms with E-state index in [1.165, 1.54) is 23.8 Å². The van der Waals surface area contributed by atoms with Crippen molar-refractivity contribution in [3.63, 3.8) is 0 Å². The summed E-state index contributed by atoms with van der Waals surface area (Å²) >= 11 is 0. The fourth-order valence-electron chi connectivity index (χ4n) is 2.28. The molecular formula is C16H21N. The lowest BCUT2D eigenvalue weighted by Gasteiger charge is -2.27. The van der Waals surface area contributed by atoms with Crippen molar-refractivity contribution in [3.8, 4) is 0 Å². The Hall–Kier alpha value is -1.37. The van der Waals surface area contributed by atoms with Crippen LogP contribution in [0, 0.1) is 5.41 Å². The van der Waals surface area contributed by atoms with E-state index < -0.39 is 0 Å². The zero-order valence-corrected chi connectivity index (χ0v) is 11.0. The standard InChI is InChI=1S/C16H21N/c1-4-16(3,5-2)12-13-8-6-10-15-14(13)9-7-11-17-15/h6-11H,4-5,12H2,1-3H3. The number of hydrogen-bond acceptors (Lipinski definition) is 1. The fourth-order valence-corrected chi connectivity index (χ4v) is 2.28. The van der Waals surface area contributed by atoms with Crippen molar-refractivity contribution in [2.45, 2.75) is 40.0 Å². The highest BCUT2D eigenvalue weighted by Crippen LogP contribution is 2.32. The molecule has 0 saturated carbocycles. The Labute approximate surface area is 104 Å². The third-order valence-corrected chi connectivity index (χ3v) is 4.06. The van der Waals surface area contributed by atoms with E-state index in [0.29, 0.717) is 5.41 Å². The fraction of sp³-hybridized carbons (Fsp3) is 0.438. The number of fused-ring (bicyclic) bond motifs is 1. The van der Waals surface area contributed by atoms with Crippen LogP contribution in [-0.2, 0) is 6.42 Å². The van der Waals surface area contributed by atoms with Gasteiger partial charge in [0.05, 0.1) is 5.52 Å². The Balaban J connectivity index is 2.42. The molecule has 0 fully saturated rings. The minimum atomic E-state index is 0.407. The third kappa shape index (κ3) is 2.49. The molecule has 1 aromatic carbocycles. The van der Waals surface area contributed by atoms with Crippen molar-refractivity contribution in [1.82, 2.24) is 4.98 Å². The van der Waals surface area contributed by atoms with Gasteiger partial charge in [-0.3, -0.25) is 4.98 Å². The highest BCUT2D eigenvalue weighted by atomic mass is 14.6. The second-order valence-corrected chi connectivity index (χ2v) is 5.18. The molecular weight excluding hydrogens is 206 g/mol. The number of nitrogens with zero attached hydrogens (tertiary/aromatic N) is 1. The monoisotopic (exact) mass is 227 g/mol. The number of hydrogen-bond donors (Lipinski definition) is 0. The molecule has 0 aliphatic heterocycles. The van der Waals surface area contributed by atoms with Crippen LogP contribution in [0.25, 0.3) is 10.9 Å². The molecule has 1 nitrogen and oxygen atoms in total. The summed E-state index contributed by atoms with van der Waals surface area (Å²) in [7, 11) is 0. The van der Waals surface area contributed by atoms with Crippen LogP contribution in [0.3, 0.4) is 0 Å². The maximum atomic E-state index is 4.42. The van der Waals surface area contributed by atoms with Crippen LogP contribution in [0.15, 0.2) is 36.5 Å². The Morgan fingerprint density at radius 2 is 1.82 bits per heavy atom. The summed E-state index contributed by atoms with van der Waals surface area (Å²) in [6.45, 7) is 6.95. The highest BCUT2D eigenvalue weighted by Gasteiger charge is 2.20. The van der Waals surface area contributed by atoms with Crippen LogP contribution >= 0.6 is 0 Å². The molecule has 0 atom stereocenters.